The van der Waals surface area contributed by atoms with Gasteiger partial charge in [-0.2, -0.15) is 4.98 Å². The van der Waals surface area contributed by atoms with Crippen molar-refractivity contribution in [1.82, 2.24) is 19.5 Å². The molecule has 1 unspecified atom stereocenters. The number of anilines is 3. The normalized spacial score (nSPS) is 36.3. The molecule has 2 aliphatic rings. The Balaban J connectivity index is 1.60. The Morgan fingerprint density at radius 2 is 1.91 bits per heavy atom. The van der Waals surface area contributed by atoms with Crippen LogP contribution in [0.25, 0.3) is 11.2 Å². The fraction of sp³-hybridized carbons (Fsp3) is 0.476. The van der Waals surface area contributed by atoms with Crippen molar-refractivity contribution in [2.24, 2.45) is 0 Å². The van der Waals surface area contributed by atoms with E-state index < -0.39 is 72.7 Å². The van der Waals surface area contributed by atoms with E-state index in [4.69, 9.17) is 17.1 Å². The topological polar surface area (TPSA) is 97.1 Å². The van der Waals surface area contributed by atoms with Gasteiger partial charge in [0.1, 0.15) is 17.0 Å². The molecule has 1 aromatic carbocycles. The van der Waals surface area contributed by atoms with Crippen LogP contribution in [0, 0.1) is 17.5 Å². The molecule has 0 bridgehead atoms. The fourth-order valence-corrected chi connectivity index (χ4v) is 3.44. The van der Waals surface area contributed by atoms with Crippen molar-refractivity contribution in [2.75, 3.05) is 23.8 Å². The molecule has 11 heteroatoms. The van der Waals surface area contributed by atoms with Gasteiger partial charge in [0.2, 0.25) is 11.9 Å². The van der Waals surface area contributed by atoms with Crippen molar-refractivity contribution in [2.45, 2.75) is 50.1 Å². The minimum Gasteiger partial charge on any atom is -0.393 e. The number of nitrogens with zero attached hydrogens (tertiary/aromatic N) is 4. The highest BCUT2D eigenvalue weighted by Gasteiger charge is 2.27. The van der Waals surface area contributed by atoms with Crippen LogP contribution in [-0.2, 0) is 4.74 Å². The monoisotopic (exact) mass is 457 g/mol. The van der Waals surface area contributed by atoms with Crippen molar-refractivity contribution < 1.29 is 35.4 Å². The minimum atomic E-state index is -3.82. The van der Waals surface area contributed by atoms with Crippen molar-refractivity contribution in [3.63, 3.8) is 0 Å². The lowest BCUT2D eigenvalue weighted by Crippen LogP contribution is -2.29. The third kappa shape index (κ3) is 4.09. The van der Waals surface area contributed by atoms with Gasteiger partial charge in [-0.3, -0.25) is 4.57 Å². The Kier molecular flexibility index (Phi) is 3.46. The summed E-state index contributed by atoms with van der Waals surface area (Å²) in [5.41, 5.74) is -0.638. The first-order chi connectivity index (χ1) is 18.8. The number of imidazole rings is 1. The predicted octanol–water partition coefficient (Wildman–Crippen LogP) is 3.66. The van der Waals surface area contributed by atoms with E-state index in [-0.39, 0.29) is 23.7 Å². The van der Waals surface area contributed by atoms with Gasteiger partial charge in [-0.25, -0.2) is 23.1 Å². The van der Waals surface area contributed by atoms with E-state index in [2.05, 4.69) is 25.6 Å². The summed E-state index contributed by atoms with van der Waals surface area (Å²) in [7, 11) is 0. The second kappa shape index (κ2) is 8.55. The molecule has 0 radical (unpaired) electrons. The Hall–Kier alpha value is -2.92. The summed E-state index contributed by atoms with van der Waals surface area (Å²) in [4.78, 5) is 12.5. The number of ether oxygens (including phenoxy) is 1. The smallest absolute Gasteiger partial charge is 0.224 e. The Labute approximate surface area is 194 Å². The number of aromatic nitrogens is 4. The molecule has 2 aromatic heterocycles. The summed E-state index contributed by atoms with van der Waals surface area (Å²) in [6.07, 6.45) is -16.3. The quantitative estimate of drug-likeness (QED) is 0.538. The maximum atomic E-state index is 14.4. The first-order valence-electron chi connectivity index (χ1n) is 14.1. The molecule has 1 aliphatic heterocycles. The standard InChI is InChI=1S/C21H23F3N6O2/c22-11-7-15(23)18(16(24)8-11)28-21-27-17-9-25-20(26-12-1-3-14(31)4-2-12)29-19(17)30(21)13-5-6-32-10-13/h7-9,12-14,31H,1-6,10H2,(H,27,28)(H,25,26,29)/i1D2,2D2,3D2,4D2,14D. The van der Waals surface area contributed by atoms with Gasteiger partial charge in [0, 0.05) is 35.7 Å². The summed E-state index contributed by atoms with van der Waals surface area (Å²) in [6.45, 7) is 0.458. The summed E-state index contributed by atoms with van der Waals surface area (Å²) in [6, 6.07) is -1.89. The summed E-state index contributed by atoms with van der Waals surface area (Å²) in [5, 5.41) is 15.1. The molecule has 170 valence electrons. The average molecular weight is 458 g/mol. The van der Waals surface area contributed by atoms with Crippen LogP contribution < -0.4 is 10.6 Å². The largest absolute Gasteiger partial charge is 0.393 e. The first kappa shape index (κ1) is 12.9. The number of rotatable bonds is 5. The molecule has 1 aliphatic carbocycles. The highest BCUT2D eigenvalue weighted by molar-refractivity contribution is 5.76. The zero-order valence-corrected chi connectivity index (χ0v) is 16.3. The molecule has 3 heterocycles. The van der Waals surface area contributed by atoms with Crippen molar-refractivity contribution in [3.05, 3.63) is 35.8 Å². The van der Waals surface area contributed by atoms with Gasteiger partial charge in [-0.05, 0) is 31.9 Å². The highest BCUT2D eigenvalue weighted by Crippen LogP contribution is 2.32. The van der Waals surface area contributed by atoms with Crippen molar-refractivity contribution in [3.8, 4) is 0 Å². The van der Waals surface area contributed by atoms with Crippen LogP contribution in [-0.4, -0.2) is 50.0 Å². The zero-order valence-electron chi connectivity index (χ0n) is 25.3. The van der Waals surface area contributed by atoms with Gasteiger partial charge in [0.25, 0.3) is 0 Å². The Bertz CT molecular complexity index is 1460. The number of benzene rings is 1. The molecule has 0 spiro atoms. The molecule has 5 rings (SSSR count). The molecule has 8 nitrogen and oxygen atoms in total. The average Bonchev–Trinajstić information content (AvgIpc) is 3.50. The Morgan fingerprint density at radius 3 is 2.59 bits per heavy atom. The van der Waals surface area contributed by atoms with E-state index in [0.29, 0.717) is 25.2 Å². The second-order valence-corrected chi connectivity index (χ2v) is 7.06. The van der Waals surface area contributed by atoms with E-state index in [0.717, 1.165) is 6.20 Å². The van der Waals surface area contributed by atoms with E-state index in [9.17, 15) is 18.3 Å². The van der Waals surface area contributed by atoms with Gasteiger partial charge in [-0.15, -0.1) is 0 Å². The summed E-state index contributed by atoms with van der Waals surface area (Å²) in [5.74, 6) is -4.25. The summed E-state index contributed by atoms with van der Waals surface area (Å²) >= 11 is 0. The van der Waals surface area contributed by atoms with Crippen LogP contribution in [0.3, 0.4) is 0 Å². The molecule has 3 N–H and O–H groups in total. The van der Waals surface area contributed by atoms with E-state index in [1.807, 2.05) is 0 Å². The van der Waals surface area contributed by atoms with Crippen LogP contribution in [0.1, 0.15) is 50.3 Å². The van der Waals surface area contributed by atoms with Crippen LogP contribution in [0.5, 0.6) is 0 Å². The Morgan fingerprint density at radius 1 is 1.16 bits per heavy atom. The summed E-state index contributed by atoms with van der Waals surface area (Å²) < 4.78 is 122. The van der Waals surface area contributed by atoms with Gasteiger partial charge in [0.05, 0.1) is 26.3 Å². The highest BCUT2D eigenvalue weighted by atomic mass is 19.1. The molecule has 3 aromatic rings. The van der Waals surface area contributed by atoms with E-state index >= 15 is 0 Å². The third-order valence-electron chi connectivity index (χ3n) is 4.89. The number of fused-ring (bicyclic) bond motifs is 1. The minimum absolute atomic E-state index is 0.00313. The predicted molar refractivity (Wildman–Crippen MR) is 111 cm³/mol. The maximum Gasteiger partial charge on any atom is 0.224 e. The SMILES string of the molecule is [2H]C1([2H])C(Nc2ncc3nc(Nc4c(F)cc(F)cc4F)n(C4CCOC4)c3n2)C([2H])([2H])C([2H])([2H])C([2H])(O)C1([2H])[2H]. The van der Waals surface area contributed by atoms with Gasteiger partial charge in [-0.1, -0.05) is 0 Å². The van der Waals surface area contributed by atoms with Crippen LogP contribution >= 0.6 is 0 Å². The van der Waals surface area contributed by atoms with E-state index in [1.165, 1.54) is 4.57 Å². The maximum absolute atomic E-state index is 14.4. The number of halogens is 3. The lowest BCUT2D eigenvalue weighted by atomic mass is 9.93. The second-order valence-electron chi connectivity index (χ2n) is 7.06. The number of hydrogen-bond acceptors (Lipinski definition) is 7. The zero-order chi connectivity index (χ0) is 30.3. The van der Waals surface area contributed by atoms with Crippen LogP contribution in [0.15, 0.2) is 18.3 Å². The third-order valence-corrected chi connectivity index (χ3v) is 4.89. The van der Waals surface area contributed by atoms with E-state index in [1.54, 1.807) is 0 Å². The van der Waals surface area contributed by atoms with Gasteiger partial charge >= 0.3 is 0 Å². The lowest BCUT2D eigenvalue weighted by Gasteiger charge is -2.26. The van der Waals surface area contributed by atoms with Crippen LogP contribution in [0.2, 0.25) is 0 Å². The molecule has 0 amide bonds. The molecule has 1 atom stereocenters. The van der Waals surface area contributed by atoms with Crippen molar-refractivity contribution >= 4 is 28.7 Å². The van der Waals surface area contributed by atoms with Gasteiger partial charge < -0.3 is 20.5 Å². The molecule has 32 heavy (non-hydrogen) atoms. The number of nitrogens with one attached hydrogen (secondary N) is 2. The number of hydrogen-bond donors (Lipinski definition) is 3. The van der Waals surface area contributed by atoms with Crippen LogP contribution in [0.4, 0.5) is 30.8 Å². The lowest BCUT2D eigenvalue weighted by molar-refractivity contribution is 0.126. The van der Waals surface area contributed by atoms with Gasteiger partial charge in [0.15, 0.2) is 17.3 Å². The molecule has 1 saturated carbocycles. The molecular formula is C21H23F3N6O2. The molecule has 1 saturated heterocycles. The molecule has 2 fully saturated rings. The fourth-order valence-electron chi connectivity index (χ4n) is 3.44. The molecular weight excluding hydrogens is 425 g/mol. The van der Waals surface area contributed by atoms with Crippen molar-refractivity contribution in [1.29, 1.82) is 0 Å². The first-order valence-corrected chi connectivity index (χ1v) is 9.58. The number of aliphatic hydroxyl groups is 1.